The first-order valence-electron chi connectivity index (χ1n) is 7.71. The Labute approximate surface area is 138 Å². The highest BCUT2D eigenvalue weighted by Gasteiger charge is 1.98. The highest BCUT2D eigenvalue weighted by molar-refractivity contribution is 6.62. The summed E-state index contributed by atoms with van der Waals surface area (Å²) in [5.41, 5.74) is 9.80. The number of benzene rings is 2. The van der Waals surface area contributed by atoms with E-state index in [1.54, 1.807) is 0 Å². The number of rotatable bonds is 5. The monoisotopic (exact) mass is 320 g/mol. The summed E-state index contributed by atoms with van der Waals surface area (Å²) in [6.07, 6.45) is 4.47. The Morgan fingerprint density at radius 2 is 0.864 bits per heavy atom. The highest BCUT2D eigenvalue weighted by atomic mass is 28.3. The van der Waals surface area contributed by atoms with Gasteiger partial charge in [0.25, 0.3) is 0 Å². The standard InChI is InChI=1S/C20H24Si2/c1-21(2)15-13-17-5-9-19(10-6-17)20-11-7-18(8-12-20)14-16-22(3)4/h5-16H,1-4H3/b15-13+,16-14+. The van der Waals surface area contributed by atoms with Crippen LogP contribution in [-0.2, 0) is 0 Å². The zero-order chi connectivity index (χ0) is 15.9. The fraction of sp³-hybridized carbons (Fsp3) is 0.200. The van der Waals surface area contributed by atoms with Crippen LogP contribution in [0.2, 0.25) is 26.2 Å². The van der Waals surface area contributed by atoms with E-state index >= 15 is 0 Å². The van der Waals surface area contributed by atoms with Gasteiger partial charge in [-0.3, -0.25) is 0 Å². The average molecular weight is 321 g/mol. The molecule has 0 spiro atoms. The van der Waals surface area contributed by atoms with E-state index in [2.05, 4.69) is 98.3 Å². The molecule has 0 fully saturated rings. The second-order valence-corrected chi connectivity index (χ2v) is 11.0. The molecule has 0 saturated heterocycles. The third-order valence-electron chi connectivity index (χ3n) is 3.37. The van der Waals surface area contributed by atoms with Gasteiger partial charge in [0.15, 0.2) is 0 Å². The molecular weight excluding hydrogens is 296 g/mol. The van der Waals surface area contributed by atoms with Crippen LogP contribution in [0.3, 0.4) is 0 Å². The molecule has 0 nitrogen and oxygen atoms in total. The summed E-state index contributed by atoms with van der Waals surface area (Å²) in [5, 5.41) is 0. The van der Waals surface area contributed by atoms with Gasteiger partial charge in [0, 0.05) is 0 Å². The summed E-state index contributed by atoms with van der Waals surface area (Å²) >= 11 is 0. The van der Waals surface area contributed by atoms with Crippen molar-refractivity contribution < 1.29 is 0 Å². The first kappa shape index (κ1) is 16.7. The van der Waals surface area contributed by atoms with E-state index in [4.69, 9.17) is 0 Å². The Bertz CT molecular complexity index is 573. The Morgan fingerprint density at radius 1 is 0.545 bits per heavy atom. The molecule has 2 radical (unpaired) electrons. The van der Waals surface area contributed by atoms with E-state index in [0.29, 0.717) is 0 Å². The summed E-state index contributed by atoms with van der Waals surface area (Å²) in [6, 6.07) is 17.6. The van der Waals surface area contributed by atoms with E-state index < -0.39 is 0 Å². The molecule has 112 valence electrons. The molecule has 0 aliphatic heterocycles. The molecule has 2 aromatic carbocycles. The van der Waals surface area contributed by atoms with E-state index in [9.17, 15) is 0 Å². The molecule has 2 rings (SSSR count). The Kier molecular flexibility index (Phi) is 6.16. The molecule has 0 aromatic heterocycles. The van der Waals surface area contributed by atoms with E-state index in [0.717, 1.165) is 0 Å². The molecule has 2 aromatic rings. The Morgan fingerprint density at radius 3 is 1.14 bits per heavy atom. The molecule has 0 heterocycles. The van der Waals surface area contributed by atoms with Crippen LogP contribution in [0.25, 0.3) is 23.3 Å². The zero-order valence-corrected chi connectivity index (χ0v) is 15.9. The summed E-state index contributed by atoms with van der Waals surface area (Å²) in [5.74, 6) is 0. The fourth-order valence-corrected chi connectivity index (χ4v) is 3.15. The molecule has 0 amide bonds. The predicted octanol–water partition coefficient (Wildman–Crippen LogP) is 5.97. The van der Waals surface area contributed by atoms with Crippen molar-refractivity contribution in [3.05, 3.63) is 71.1 Å². The summed E-state index contributed by atoms with van der Waals surface area (Å²) in [6.45, 7) is 9.19. The molecule has 0 bridgehead atoms. The minimum Gasteiger partial charge on any atom is -0.0961 e. The normalized spacial score (nSPS) is 12.1. The number of hydrogen-bond donors (Lipinski definition) is 0. The molecule has 0 aliphatic rings. The fourth-order valence-electron chi connectivity index (χ4n) is 2.10. The minimum atomic E-state index is -0.295. The Balaban J connectivity index is 2.11. The van der Waals surface area contributed by atoms with Gasteiger partial charge in [-0.1, -0.05) is 98.3 Å². The van der Waals surface area contributed by atoms with Crippen LogP contribution < -0.4 is 0 Å². The predicted molar refractivity (Wildman–Crippen MR) is 105 cm³/mol. The Hall–Kier alpha value is -1.65. The molecule has 22 heavy (non-hydrogen) atoms. The van der Waals surface area contributed by atoms with Gasteiger partial charge in [-0.05, 0) is 22.3 Å². The third-order valence-corrected chi connectivity index (χ3v) is 5.04. The van der Waals surface area contributed by atoms with Crippen molar-refractivity contribution in [3.8, 4) is 11.1 Å². The van der Waals surface area contributed by atoms with Gasteiger partial charge < -0.3 is 0 Å². The molecule has 0 aliphatic carbocycles. The van der Waals surface area contributed by atoms with Gasteiger partial charge in [0.05, 0.1) is 17.6 Å². The number of hydrogen-bond acceptors (Lipinski definition) is 0. The maximum absolute atomic E-state index is 2.33. The van der Waals surface area contributed by atoms with Crippen molar-refractivity contribution in [2.24, 2.45) is 0 Å². The van der Waals surface area contributed by atoms with Crippen LogP contribution in [0.4, 0.5) is 0 Å². The van der Waals surface area contributed by atoms with Crippen molar-refractivity contribution in [2.75, 3.05) is 0 Å². The summed E-state index contributed by atoms with van der Waals surface area (Å²) in [7, 11) is -0.590. The van der Waals surface area contributed by atoms with Crippen molar-refractivity contribution in [2.45, 2.75) is 26.2 Å². The van der Waals surface area contributed by atoms with Crippen LogP contribution in [0.15, 0.2) is 59.9 Å². The van der Waals surface area contributed by atoms with Crippen LogP contribution in [0, 0.1) is 0 Å². The zero-order valence-electron chi connectivity index (χ0n) is 13.9. The van der Waals surface area contributed by atoms with Gasteiger partial charge >= 0.3 is 0 Å². The van der Waals surface area contributed by atoms with Gasteiger partial charge in [-0.25, -0.2) is 0 Å². The average Bonchev–Trinajstić information content (AvgIpc) is 2.52. The first-order chi connectivity index (χ1) is 10.5. The van der Waals surface area contributed by atoms with Crippen LogP contribution in [0.1, 0.15) is 11.1 Å². The van der Waals surface area contributed by atoms with Crippen molar-refractivity contribution >= 4 is 29.7 Å². The lowest BCUT2D eigenvalue weighted by Crippen LogP contribution is -1.92. The highest BCUT2D eigenvalue weighted by Crippen LogP contribution is 2.21. The lowest BCUT2D eigenvalue weighted by atomic mass is 10.0. The molecule has 0 N–H and O–H groups in total. The molecular formula is C20H24Si2. The van der Waals surface area contributed by atoms with Crippen molar-refractivity contribution in [1.29, 1.82) is 0 Å². The van der Waals surface area contributed by atoms with Gasteiger partial charge in [0.2, 0.25) is 0 Å². The summed E-state index contributed by atoms with van der Waals surface area (Å²) < 4.78 is 0. The maximum atomic E-state index is 2.33. The molecule has 0 atom stereocenters. The SMILES string of the molecule is C[Si](C)/C=C/c1ccc(-c2ccc(/C=C/[Si](C)C)cc2)cc1. The van der Waals surface area contributed by atoms with E-state index in [1.807, 2.05) is 0 Å². The summed E-state index contributed by atoms with van der Waals surface area (Å²) in [4.78, 5) is 0. The third kappa shape index (κ3) is 5.28. The molecule has 2 heteroatoms. The van der Waals surface area contributed by atoms with Crippen LogP contribution in [0.5, 0.6) is 0 Å². The van der Waals surface area contributed by atoms with Gasteiger partial charge in [-0.15, -0.1) is 0 Å². The van der Waals surface area contributed by atoms with Crippen molar-refractivity contribution in [3.63, 3.8) is 0 Å². The smallest absolute Gasteiger partial charge is 0.0693 e. The van der Waals surface area contributed by atoms with Crippen LogP contribution in [-0.4, -0.2) is 17.6 Å². The molecule has 0 unspecified atom stereocenters. The topological polar surface area (TPSA) is 0 Å². The first-order valence-corrected chi connectivity index (χ1v) is 12.9. The lowest BCUT2D eigenvalue weighted by molar-refractivity contribution is 1.59. The maximum Gasteiger partial charge on any atom is 0.0693 e. The largest absolute Gasteiger partial charge is 0.0961 e. The molecule has 0 saturated carbocycles. The van der Waals surface area contributed by atoms with Gasteiger partial charge in [0.1, 0.15) is 0 Å². The van der Waals surface area contributed by atoms with Crippen molar-refractivity contribution in [1.82, 2.24) is 0 Å². The minimum absolute atomic E-state index is 0.295. The van der Waals surface area contributed by atoms with E-state index in [1.165, 1.54) is 22.3 Å². The lowest BCUT2D eigenvalue weighted by Gasteiger charge is -2.04. The quantitative estimate of drug-likeness (QED) is 0.596. The van der Waals surface area contributed by atoms with E-state index in [-0.39, 0.29) is 17.6 Å². The second-order valence-electron chi connectivity index (χ2n) is 6.07. The second kappa shape index (κ2) is 8.11. The van der Waals surface area contributed by atoms with Crippen LogP contribution >= 0.6 is 0 Å². The van der Waals surface area contributed by atoms with Gasteiger partial charge in [-0.2, -0.15) is 0 Å².